The van der Waals surface area contributed by atoms with E-state index >= 15 is 0 Å². The van der Waals surface area contributed by atoms with Crippen LogP contribution >= 0.6 is 0 Å². The quantitative estimate of drug-likeness (QED) is 0.609. The van der Waals surface area contributed by atoms with E-state index in [9.17, 15) is 4.79 Å². The molecule has 1 N–H and O–H groups in total. The number of likely N-dealkylation sites (tertiary alicyclic amines) is 1. The number of nitrogens with one attached hydrogen (secondary N) is 1. The van der Waals surface area contributed by atoms with Crippen molar-refractivity contribution < 1.29 is 9.53 Å². The van der Waals surface area contributed by atoms with Gasteiger partial charge in [0.05, 0.1) is 17.9 Å². The monoisotopic (exact) mass is 435 g/mol. The van der Waals surface area contributed by atoms with Crippen LogP contribution in [0.15, 0.2) is 30.5 Å². The Balaban J connectivity index is 1.48. The summed E-state index contributed by atoms with van der Waals surface area (Å²) in [7, 11) is 0. The third-order valence-electron chi connectivity index (χ3n) is 7.83. The van der Waals surface area contributed by atoms with E-state index in [1.54, 1.807) is 4.90 Å². The van der Waals surface area contributed by atoms with Gasteiger partial charge in [0, 0.05) is 6.54 Å². The lowest BCUT2D eigenvalue weighted by Crippen LogP contribution is -2.36. The Kier molecular flexibility index (Phi) is 5.71. The molecule has 2 aliphatic rings. The SMILES string of the molecule is CC(C)(C)OC(=O)N1CCC[C@H]1c1ncc(-c2ccc(B3CC(C)(C)C(C)(C)C3)cc2)[nH]1. The fourth-order valence-corrected chi connectivity index (χ4v) is 5.27. The first-order valence-electron chi connectivity index (χ1n) is 12.0. The number of amides is 1. The molecule has 32 heavy (non-hydrogen) atoms. The largest absolute Gasteiger partial charge is 0.444 e. The van der Waals surface area contributed by atoms with Gasteiger partial charge in [-0.1, -0.05) is 70.1 Å². The molecule has 2 fully saturated rings. The maximum Gasteiger partial charge on any atom is 0.410 e. The second kappa shape index (κ2) is 7.96. The zero-order valence-corrected chi connectivity index (χ0v) is 20.8. The number of rotatable bonds is 3. The highest BCUT2D eigenvalue weighted by atomic mass is 16.6. The molecule has 172 valence electrons. The van der Waals surface area contributed by atoms with E-state index in [0.717, 1.165) is 29.9 Å². The van der Waals surface area contributed by atoms with Gasteiger partial charge in [-0.05, 0) is 50.0 Å². The molecule has 1 amide bonds. The van der Waals surface area contributed by atoms with E-state index in [-0.39, 0.29) is 12.1 Å². The molecule has 0 aliphatic carbocycles. The molecule has 2 aromatic rings. The Hall–Kier alpha value is -2.24. The normalized spacial score (nSPS) is 22.4. The molecule has 0 saturated carbocycles. The van der Waals surface area contributed by atoms with Crippen LogP contribution in [0.1, 0.15) is 73.2 Å². The summed E-state index contributed by atoms with van der Waals surface area (Å²) in [4.78, 5) is 22.6. The summed E-state index contributed by atoms with van der Waals surface area (Å²) in [5.41, 5.74) is 3.77. The minimum Gasteiger partial charge on any atom is -0.444 e. The van der Waals surface area contributed by atoms with E-state index < -0.39 is 5.60 Å². The highest BCUT2D eigenvalue weighted by Crippen LogP contribution is 2.52. The highest BCUT2D eigenvalue weighted by Gasteiger charge is 2.48. The number of hydrogen-bond acceptors (Lipinski definition) is 3. The second-order valence-corrected chi connectivity index (χ2v) is 12.0. The lowest BCUT2D eigenvalue weighted by Gasteiger charge is -2.35. The fourth-order valence-electron chi connectivity index (χ4n) is 5.27. The third-order valence-corrected chi connectivity index (χ3v) is 7.83. The first kappa shape index (κ1) is 22.9. The van der Waals surface area contributed by atoms with Crippen LogP contribution in [0.25, 0.3) is 11.3 Å². The summed E-state index contributed by atoms with van der Waals surface area (Å²) in [5, 5.41) is 0. The molecule has 5 nitrogen and oxygen atoms in total. The smallest absolute Gasteiger partial charge is 0.410 e. The second-order valence-electron chi connectivity index (χ2n) is 12.0. The molecular weight excluding hydrogens is 397 g/mol. The Labute approximate surface area is 193 Å². The van der Waals surface area contributed by atoms with Gasteiger partial charge in [-0.3, -0.25) is 4.90 Å². The van der Waals surface area contributed by atoms with E-state index in [2.05, 4.69) is 61.9 Å². The lowest BCUT2D eigenvalue weighted by molar-refractivity contribution is 0.0218. The summed E-state index contributed by atoms with van der Waals surface area (Å²) >= 11 is 0. The highest BCUT2D eigenvalue weighted by molar-refractivity contribution is 6.74. The molecule has 2 aliphatic heterocycles. The van der Waals surface area contributed by atoms with Crippen LogP contribution in [-0.2, 0) is 4.74 Å². The van der Waals surface area contributed by atoms with Gasteiger partial charge in [0.25, 0.3) is 0 Å². The van der Waals surface area contributed by atoms with Crippen molar-refractivity contribution in [2.24, 2.45) is 10.8 Å². The summed E-state index contributed by atoms with van der Waals surface area (Å²) < 4.78 is 5.60. The molecule has 2 saturated heterocycles. The number of aromatic amines is 1. The van der Waals surface area contributed by atoms with Gasteiger partial charge >= 0.3 is 6.09 Å². The minimum atomic E-state index is -0.496. The summed E-state index contributed by atoms with van der Waals surface area (Å²) in [6.07, 6.45) is 5.95. The number of carbonyl (C=O) groups excluding carboxylic acids is 1. The van der Waals surface area contributed by atoms with Gasteiger partial charge in [0.1, 0.15) is 11.4 Å². The molecular formula is C26H38BN3O2. The maximum absolute atomic E-state index is 12.6. The number of imidazole rings is 1. The molecule has 0 spiro atoms. The average molecular weight is 435 g/mol. The van der Waals surface area contributed by atoms with Crippen molar-refractivity contribution in [2.75, 3.05) is 6.54 Å². The van der Waals surface area contributed by atoms with Crippen LogP contribution in [0.2, 0.25) is 12.6 Å². The number of aromatic nitrogens is 2. The van der Waals surface area contributed by atoms with Crippen molar-refractivity contribution in [2.45, 2.75) is 85.6 Å². The third kappa shape index (κ3) is 4.46. The van der Waals surface area contributed by atoms with Crippen LogP contribution in [0, 0.1) is 10.8 Å². The van der Waals surface area contributed by atoms with Crippen molar-refractivity contribution in [1.82, 2.24) is 14.9 Å². The Morgan fingerprint density at radius 3 is 2.34 bits per heavy atom. The first-order chi connectivity index (χ1) is 14.9. The summed E-state index contributed by atoms with van der Waals surface area (Å²) in [6.45, 7) is 16.6. The van der Waals surface area contributed by atoms with E-state index in [1.807, 2.05) is 27.0 Å². The lowest BCUT2D eigenvalue weighted by atomic mass is 9.42. The Morgan fingerprint density at radius 2 is 1.75 bits per heavy atom. The van der Waals surface area contributed by atoms with E-state index in [4.69, 9.17) is 4.74 Å². The number of ether oxygens (including phenoxy) is 1. The number of nitrogens with zero attached hydrogens (tertiary/aromatic N) is 2. The molecule has 6 heteroatoms. The average Bonchev–Trinajstić information content (AvgIpc) is 3.38. The van der Waals surface area contributed by atoms with Gasteiger partial charge in [-0.15, -0.1) is 0 Å². The molecule has 4 rings (SSSR count). The number of carbonyl (C=O) groups is 1. The first-order valence-corrected chi connectivity index (χ1v) is 12.0. The molecule has 0 radical (unpaired) electrons. The predicted octanol–water partition coefficient (Wildman–Crippen LogP) is 5.92. The maximum atomic E-state index is 12.6. The van der Waals surface area contributed by atoms with Crippen molar-refractivity contribution in [3.8, 4) is 11.3 Å². The molecule has 0 bridgehead atoms. The van der Waals surface area contributed by atoms with Crippen molar-refractivity contribution in [1.29, 1.82) is 0 Å². The van der Waals surface area contributed by atoms with E-state index in [0.29, 0.717) is 24.1 Å². The van der Waals surface area contributed by atoms with Crippen molar-refractivity contribution in [3.63, 3.8) is 0 Å². The molecule has 0 unspecified atom stereocenters. The molecule has 1 aromatic heterocycles. The van der Waals surface area contributed by atoms with Crippen LogP contribution in [0.5, 0.6) is 0 Å². The van der Waals surface area contributed by atoms with Gasteiger partial charge in [-0.2, -0.15) is 0 Å². The number of H-pyrrole nitrogens is 1. The Morgan fingerprint density at radius 1 is 1.12 bits per heavy atom. The zero-order chi connectivity index (χ0) is 23.3. The summed E-state index contributed by atoms with van der Waals surface area (Å²) in [5.74, 6) is 0.840. The molecule has 3 heterocycles. The standard InChI is InChI=1S/C26H38BN3O2/c1-24(2,3)32-23(31)30-14-8-9-21(30)22-28-15-20(29-22)18-10-12-19(13-11-18)27-16-25(4,5)26(6,7)17-27/h10-13,15,21H,8-9,14,16-17H2,1-7H3,(H,28,29)/t21-/m0/s1. The van der Waals surface area contributed by atoms with Crippen molar-refractivity contribution >= 4 is 18.3 Å². The van der Waals surface area contributed by atoms with Gasteiger partial charge < -0.3 is 9.72 Å². The number of hydrogen-bond donors (Lipinski definition) is 1. The van der Waals surface area contributed by atoms with Gasteiger partial charge in [0.15, 0.2) is 6.71 Å². The number of benzene rings is 1. The summed E-state index contributed by atoms with van der Waals surface area (Å²) in [6, 6.07) is 8.90. The van der Waals surface area contributed by atoms with E-state index in [1.165, 1.54) is 18.1 Å². The van der Waals surface area contributed by atoms with Crippen molar-refractivity contribution in [3.05, 3.63) is 36.3 Å². The predicted molar refractivity (Wildman–Crippen MR) is 132 cm³/mol. The fraction of sp³-hybridized carbons (Fsp3) is 0.615. The van der Waals surface area contributed by atoms with Gasteiger partial charge in [0.2, 0.25) is 0 Å². The Bertz CT molecular complexity index is 956. The minimum absolute atomic E-state index is 0.0548. The van der Waals surface area contributed by atoms with Crippen LogP contribution < -0.4 is 5.46 Å². The zero-order valence-electron chi connectivity index (χ0n) is 20.8. The van der Waals surface area contributed by atoms with Crippen LogP contribution in [0.3, 0.4) is 0 Å². The van der Waals surface area contributed by atoms with Crippen LogP contribution in [-0.4, -0.2) is 39.8 Å². The van der Waals surface area contributed by atoms with Crippen LogP contribution in [0.4, 0.5) is 4.79 Å². The molecule has 1 atom stereocenters. The topological polar surface area (TPSA) is 58.2 Å². The molecule has 1 aromatic carbocycles. The van der Waals surface area contributed by atoms with Gasteiger partial charge in [-0.25, -0.2) is 9.78 Å².